The van der Waals surface area contributed by atoms with Crippen molar-refractivity contribution in [2.24, 2.45) is 29.1 Å². The number of methoxy groups -OCH3 is 1. The maximum Gasteiger partial charge on any atom is 0.226 e. The maximum atomic E-state index is 13.3. The number of nitrogens with one attached hydrogen (secondary N) is 1. The Morgan fingerprint density at radius 1 is 1.28 bits per heavy atom. The number of nitrogens with zero attached hydrogens (tertiary/aromatic N) is 1. The van der Waals surface area contributed by atoms with Crippen molar-refractivity contribution in [3.63, 3.8) is 0 Å². The Kier molecular flexibility index (Phi) is 6.94. The summed E-state index contributed by atoms with van der Waals surface area (Å²) in [5.74, 6) is 0.248. The van der Waals surface area contributed by atoms with Crippen molar-refractivity contribution in [2.75, 3.05) is 20.3 Å². The molecule has 2 aliphatic carbocycles. The largest absolute Gasteiger partial charge is 0.392 e. The van der Waals surface area contributed by atoms with E-state index in [1.54, 1.807) is 14.0 Å². The van der Waals surface area contributed by atoms with E-state index in [1.807, 2.05) is 11.8 Å². The second-order valence-electron chi connectivity index (χ2n) is 10.1. The van der Waals surface area contributed by atoms with Gasteiger partial charge in [-0.1, -0.05) is 20.8 Å². The third-order valence-electron chi connectivity index (χ3n) is 8.33. The molecular weight excluding hydrogens is 368 g/mol. The highest BCUT2D eigenvalue weighted by Crippen LogP contribution is 2.55. The molecule has 0 bridgehead atoms. The van der Waals surface area contributed by atoms with Crippen molar-refractivity contribution >= 4 is 11.8 Å². The first-order valence-corrected chi connectivity index (χ1v) is 11.4. The number of hydrogen-bond donors (Lipinski definition) is 2. The third kappa shape index (κ3) is 4.34. The molecule has 0 aromatic rings. The number of fused-ring (bicyclic) bond motifs is 1. The van der Waals surface area contributed by atoms with Gasteiger partial charge in [0, 0.05) is 32.5 Å². The molecule has 3 rings (SSSR count). The fourth-order valence-electron chi connectivity index (χ4n) is 6.69. The molecule has 1 aliphatic heterocycles. The van der Waals surface area contributed by atoms with Crippen molar-refractivity contribution in [3.05, 3.63) is 0 Å². The molecular formula is C23H40N2O4. The van der Waals surface area contributed by atoms with Gasteiger partial charge in [0.25, 0.3) is 0 Å². The van der Waals surface area contributed by atoms with E-state index in [1.165, 1.54) is 0 Å². The Morgan fingerprint density at radius 3 is 2.62 bits per heavy atom. The summed E-state index contributed by atoms with van der Waals surface area (Å²) in [4.78, 5) is 26.9. The van der Waals surface area contributed by atoms with Gasteiger partial charge in [-0.25, -0.2) is 0 Å². The number of amides is 2. The van der Waals surface area contributed by atoms with E-state index < -0.39 is 6.10 Å². The maximum absolute atomic E-state index is 13.3. The second-order valence-corrected chi connectivity index (χ2v) is 10.1. The van der Waals surface area contributed by atoms with E-state index in [-0.39, 0.29) is 53.0 Å². The third-order valence-corrected chi connectivity index (χ3v) is 8.33. The van der Waals surface area contributed by atoms with Crippen LogP contribution in [0.4, 0.5) is 0 Å². The highest BCUT2D eigenvalue weighted by atomic mass is 16.5. The molecule has 6 nitrogen and oxygen atoms in total. The number of carbonyl (C=O) groups is 2. The summed E-state index contributed by atoms with van der Waals surface area (Å²) < 4.78 is 5.32. The van der Waals surface area contributed by atoms with Gasteiger partial charge in [-0.3, -0.25) is 9.59 Å². The van der Waals surface area contributed by atoms with Gasteiger partial charge >= 0.3 is 0 Å². The van der Waals surface area contributed by atoms with Crippen molar-refractivity contribution in [1.29, 1.82) is 0 Å². The van der Waals surface area contributed by atoms with Crippen LogP contribution >= 0.6 is 0 Å². The van der Waals surface area contributed by atoms with Crippen molar-refractivity contribution in [2.45, 2.75) is 84.4 Å². The summed E-state index contributed by atoms with van der Waals surface area (Å²) >= 11 is 0. The number of likely N-dealkylation sites (tertiary alicyclic amines) is 1. The smallest absolute Gasteiger partial charge is 0.226 e. The standard InChI is InChI=1S/C23H40N2O4/c1-14(22(28)25-12-6-7-17(25)13-29-5)18-8-10-23(4)11-9-19(24-16(3)26)15(2)20(23)21(18)27/h14-15,17-21,27H,6-13H2,1-5H3,(H,24,26)/t14-,15+,17+,18?,19-,20+,21-,23-/m0/s1. The minimum Gasteiger partial charge on any atom is -0.392 e. The van der Waals surface area contributed by atoms with Crippen LogP contribution in [-0.2, 0) is 14.3 Å². The van der Waals surface area contributed by atoms with Crippen LogP contribution in [0.2, 0.25) is 0 Å². The van der Waals surface area contributed by atoms with E-state index in [2.05, 4.69) is 19.2 Å². The first kappa shape index (κ1) is 22.5. The molecule has 2 amide bonds. The van der Waals surface area contributed by atoms with Crippen LogP contribution in [0.15, 0.2) is 0 Å². The van der Waals surface area contributed by atoms with Crippen molar-refractivity contribution in [3.8, 4) is 0 Å². The minimum atomic E-state index is -0.511. The molecule has 166 valence electrons. The number of hydrogen-bond acceptors (Lipinski definition) is 4. The molecule has 0 spiro atoms. The molecule has 1 unspecified atom stereocenters. The van der Waals surface area contributed by atoms with Crippen LogP contribution in [0.3, 0.4) is 0 Å². The monoisotopic (exact) mass is 408 g/mol. The fraction of sp³-hybridized carbons (Fsp3) is 0.913. The van der Waals surface area contributed by atoms with Gasteiger partial charge in [0.1, 0.15) is 0 Å². The van der Waals surface area contributed by atoms with Crippen LogP contribution in [-0.4, -0.2) is 60.3 Å². The zero-order valence-electron chi connectivity index (χ0n) is 18.8. The van der Waals surface area contributed by atoms with E-state index in [4.69, 9.17) is 4.74 Å². The summed E-state index contributed by atoms with van der Waals surface area (Å²) in [5, 5.41) is 14.6. The summed E-state index contributed by atoms with van der Waals surface area (Å²) in [6.45, 7) is 9.40. The normalized spacial score (nSPS) is 41.0. The van der Waals surface area contributed by atoms with Crippen molar-refractivity contribution < 1.29 is 19.4 Å². The molecule has 2 saturated carbocycles. The SMILES string of the molecule is COC[C@H]1CCCN1C(=O)[C@@H](C)C1CC[C@@]2(C)CC[C@H](NC(C)=O)[C@@H](C)[C@@H]2[C@H]1O. The minimum absolute atomic E-state index is 0.00549. The lowest BCUT2D eigenvalue weighted by molar-refractivity contribution is -0.152. The Balaban J connectivity index is 1.74. The molecule has 1 saturated heterocycles. The molecule has 0 aromatic heterocycles. The Labute approximate surface area is 175 Å². The molecule has 6 heteroatoms. The average molecular weight is 409 g/mol. The van der Waals surface area contributed by atoms with Crippen LogP contribution in [0.25, 0.3) is 0 Å². The topological polar surface area (TPSA) is 78.9 Å². The molecule has 8 atom stereocenters. The van der Waals surface area contributed by atoms with Gasteiger partial charge in [0.15, 0.2) is 0 Å². The van der Waals surface area contributed by atoms with E-state index in [9.17, 15) is 14.7 Å². The summed E-state index contributed by atoms with van der Waals surface area (Å²) in [6.07, 6.45) is 5.41. The van der Waals surface area contributed by atoms with Crippen molar-refractivity contribution in [1.82, 2.24) is 10.2 Å². The highest BCUT2D eigenvalue weighted by molar-refractivity contribution is 5.79. The lowest BCUT2D eigenvalue weighted by Gasteiger charge is -2.56. The summed E-state index contributed by atoms with van der Waals surface area (Å²) in [5.41, 5.74) is 0.0826. The van der Waals surface area contributed by atoms with E-state index >= 15 is 0 Å². The summed E-state index contributed by atoms with van der Waals surface area (Å²) in [7, 11) is 1.69. The molecule has 0 radical (unpaired) electrons. The Morgan fingerprint density at radius 2 is 1.97 bits per heavy atom. The number of aliphatic hydroxyl groups excluding tert-OH is 1. The Bertz CT molecular complexity index is 612. The van der Waals surface area contributed by atoms with Gasteiger partial charge in [-0.2, -0.15) is 0 Å². The Hall–Kier alpha value is -1.14. The van der Waals surface area contributed by atoms with Gasteiger partial charge in [0.2, 0.25) is 11.8 Å². The number of carbonyl (C=O) groups excluding carboxylic acids is 2. The zero-order chi connectivity index (χ0) is 21.3. The molecule has 2 N–H and O–H groups in total. The van der Waals surface area contributed by atoms with Crippen LogP contribution in [0.1, 0.15) is 66.2 Å². The first-order valence-electron chi connectivity index (χ1n) is 11.4. The van der Waals surface area contributed by atoms with Gasteiger partial charge in [0.05, 0.1) is 18.8 Å². The van der Waals surface area contributed by atoms with E-state index in [0.717, 1.165) is 45.1 Å². The second kappa shape index (κ2) is 8.93. The molecule has 1 heterocycles. The van der Waals surface area contributed by atoms with Gasteiger partial charge < -0.3 is 20.1 Å². The van der Waals surface area contributed by atoms with E-state index in [0.29, 0.717) is 6.61 Å². The molecule has 3 fully saturated rings. The predicted molar refractivity (Wildman–Crippen MR) is 112 cm³/mol. The molecule has 29 heavy (non-hydrogen) atoms. The predicted octanol–water partition coefficient (Wildman–Crippen LogP) is 2.59. The first-order chi connectivity index (χ1) is 13.7. The molecule has 0 aromatic carbocycles. The van der Waals surface area contributed by atoms with Crippen LogP contribution < -0.4 is 5.32 Å². The fourth-order valence-corrected chi connectivity index (χ4v) is 6.69. The van der Waals surface area contributed by atoms with Gasteiger partial charge in [-0.15, -0.1) is 0 Å². The average Bonchev–Trinajstić information content (AvgIpc) is 3.11. The number of rotatable bonds is 5. The summed E-state index contributed by atoms with van der Waals surface area (Å²) in [6, 6.07) is 0.272. The quantitative estimate of drug-likeness (QED) is 0.733. The number of ether oxygens (including phenoxy) is 1. The lowest BCUT2D eigenvalue weighted by atomic mass is 9.51. The lowest BCUT2D eigenvalue weighted by Crippen LogP contribution is -2.58. The van der Waals surface area contributed by atoms with Crippen LogP contribution in [0, 0.1) is 29.1 Å². The van der Waals surface area contributed by atoms with Crippen LogP contribution in [0.5, 0.6) is 0 Å². The molecule has 3 aliphatic rings. The van der Waals surface area contributed by atoms with Gasteiger partial charge in [-0.05, 0) is 61.7 Å². The zero-order valence-corrected chi connectivity index (χ0v) is 18.8. The highest BCUT2D eigenvalue weighted by Gasteiger charge is 2.54. The number of aliphatic hydroxyl groups is 1.